The number of hydrogen-bond donors (Lipinski definition) is 2. The Morgan fingerprint density at radius 3 is 2.48 bits per heavy atom. The van der Waals surface area contributed by atoms with Crippen molar-refractivity contribution in [2.75, 3.05) is 6.54 Å². The molecule has 0 bridgehead atoms. The number of nitrogens with one attached hydrogen (secondary N) is 1. The molecule has 5 heteroatoms. The van der Waals surface area contributed by atoms with E-state index in [-0.39, 0.29) is 24.8 Å². The molecule has 3 aromatic rings. The van der Waals surface area contributed by atoms with Gasteiger partial charge < -0.3 is 19.6 Å². The molecule has 0 saturated heterocycles. The minimum absolute atomic E-state index is 0.107. The maximum absolute atomic E-state index is 12.3. The summed E-state index contributed by atoms with van der Waals surface area (Å²) < 4.78 is 11.2. The Morgan fingerprint density at radius 1 is 1.07 bits per heavy atom. The van der Waals surface area contributed by atoms with Crippen molar-refractivity contribution < 1.29 is 19.1 Å². The highest BCUT2D eigenvalue weighted by molar-refractivity contribution is 5.91. The number of rotatable bonds is 8. The first-order valence-corrected chi connectivity index (χ1v) is 9.76. The first kappa shape index (κ1) is 20.7. The van der Waals surface area contributed by atoms with Crippen LogP contribution in [0, 0.1) is 6.92 Å². The lowest BCUT2D eigenvalue weighted by atomic mass is 10.00. The third-order valence-electron chi connectivity index (χ3n) is 4.70. The lowest BCUT2D eigenvalue weighted by Gasteiger charge is -2.13. The van der Waals surface area contributed by atoms with Crippen LogP contribution in [-0.2, 0) is 6.61 Å². The molecule has 29 heavy (non-hydrogen) atoms. The Balaban J connectivity index is 1.50. The van der Waals surface area contributed by atoms with E-state index in [1.165, 1.54) is 5.56 Å². The number of hydrogen-bond acceptors (Lipinski definition) is 4. The summed E-state index contributed by atoms with van der Waals surface area (Å²) in [5.74, 6) is 1.56. The zero-order valence-electron chi connectivity index (χ0n) is 17.0. The van der Waals surface area contributed by atoms with Gasteiger partial charge in [-0.3, -0.25) is 4.79 Å². The predicted octanol–water partition coefficient (Wildman–Crippen LogP) is 4.75. The maximum Gasteiger partial charge on any atom is 0.287 e. The van der Waals surface area contributed by atoms with Crippen LogP contribution >= 0.6 is 0 Å². The Labute approximate surface area is 171 Å². The summed E-state index contributed by atoms with van der Waals surface area (Å²) in [6.45, 7) is 6.58. The molecule has 1 heterocycles. The van der Waals surface area contributed by atoms with Gasteiger partial charge >= 0.3 is 0 Å². The van der Waals surface area contributed by atoms with E-state index in [9.17, 15) is 9.90 Å². The Morgan fingerprint density at radius 2 is 1.79 bits per heavy atom. The second kappa shape index (κ2) is 9.43. The largest absolute Gasteiger partial charge is 0.486 e. The number of amides is 1. The fourth-order valence-electron chi connectivity index (χ4n) is 2.93. The molecule has 0 aliphatic rings. The lowest BCUT2D eigenvalue weighted by Crippen LogP contribution is -2.28. The summed E-state index contributed by atoms with van der Waals surface area (Å²) in [6.07, 6.45) is -0.778. The number of ether oxygens (including phenoxy) is 1. The minimum Gasteiger partial charge on any atom is -0.486 e. The molecule has 152 valence electrons. The number of carbonyl (C=O) groups is 1. The molecule has 0 aliphatic heterocycles. The summed E-state index contributed by atoms with van der Waals surface area (Å²) in [4.78, 5) is 12.3. The molecule has 1 amide bonds. The highest BCUT2D eigenvalue weighted by Crippen LogP contribution is 2.19. The van der Waals surface area contributed by atoms with Crippen LogP contribution in [0.2, 0.25) is 0 Å². The molecule has 3 rings (SSSR count). The predicted molar refractivity (Wildman–Crippen MR) is 112 cm³/mol. The summed E-state index contributed by atoms with van der Waals surface area (Å²) in [7, 11) is 0. The number of aliphatic hydroxyl groups excluding tert-OH is 1. The molecule has 0 saturated carbocycles. The number of furan rings is 1. The van der Waals surface area contributed by atoms with E-state index in [2.05, 4.69) is 19.2 Å². The Bertz CT molecular complexity index is 944. The van der Waals surface area contributed by atoms with Crippen molar-refractivity contribution in [3.63, 3.8) is 0 Å². The molecule has 5 nitrogen and oxygen atoms in total. The number of benzene rings is 2. The average molecular weight is 393 g/mol. The van der Waals surface area contributed by atoms with Gasteiger partial charge in [-0.15, -0.1) is 0 Å². The second-order valence-electron chi connectivity index (χ2n) is 7.42. The molecule has 0 fully saturated rings. The van der Waals surface area contributed by atoms with Crippen LogP contribution in [0.15, 0.2) is 65.1 Å². The monoisotopic (exact) mass is 393 g/mol. The summed E-state index contributed by atoms with van der Waals surface area (Å²) in [5, 5.41) is 13.0. The quantitative estimate of drug-likeness (QED) is 0.579. The lowest BCUT2D eigenvalue weighted by molar-refractivity contribution is 0.0885. The van der Waals surface area contributed by atoms with Crippen LogP contribution in [0.5, 0.6) is 5.75 Å². The van der Waals surface area contributed by atoms with Crippen LogP contribution in [0.3, 0.4) is 0 Å². The van der Waals surface area contributed by atoms with E-state index < -0.39 is 6.10 Å². The van der Waals surface area contributed by atoms with Crippen molar-refractivity contribution >= 4 is 5.91 Å². The van der Waals surface area contributed by atoms with E-state index in [1.54, 1.807) is 12.1 Å². The second-order valence-corrected chi connectivity index (χ2v) is 7.42. The summed E-state index contributed by atoms with van der Waals surface area (Å²) in [6, 6.07) is 18.8. The summed E-state index contributed by atoms with van der Waals surface area (Å²) in [5.41, 5.74) is 3.08. The molecule has 0 aliphatic carbocycles. The van der Waals surface area contributed by atoms with Gasteiger partial charge in [0.1, 0.15) is 18.1 Å². The molecular formula is C24H27NO4. The number of carbonyl (C=O) groups excluding carboxylic acids is 1. The van der Waals surface area contributed by atoms with Gasteiger partial charge in [0, 0.05) is 6.54 Å². The number of aliphatic hydroxyl groups is 1. The van der Waals surface area contributed by atoms with E-state index in [0.717, 1.165) is 16.9 Å². The van der Waals surface area contributed by atoms with Crippen molar-refractivity contribution in [2.24, 2.45) is 0 Å². The number of aryl methyl sites for hydroxylation is 1. The van der Waals surface area contributed by atoms with Gasteiger partial charge in [0.05, 0.1) is 6.10 Å². The van der Waals surface area contributed by atoms with Crippen LogP contribution < -0.4 is 10.1 Å². The van der Waals surface area contributed by atoms with E-state index in [1.807, 2.05) is 55.5 Å². The van der Waals surface area contributed by atoms with Crippen LogP contribution in [0.1, 0.15) is 58.9 Å². The van der Waals surface area contributed by atoms with Crippen molar-refractivity contribution in [2.45, 2.75) is 39.4 Å². The van der Waals surface area contributed by atoms with Crippen molar-refractivity contribution in [3.05, 3.63) is 88.9 Å². The first-order chi connectivity index (χ1) is 13.9. The van der Waals surface area contributed by atoms with Crippen molar-refractivity contribution in [1.82, 2.24) is 5.32 Å². The van der Waals surface area contributed by atoms with E-state index >= 15 is 0 Å². The van der Waals surface area contributed by atoms with Gasteiger partial charge in [-0.1, -0.05) is 50.2 Å². The molecular weight excluding hydrogens is 366 g/mol. The van der Waals surface area contributed by atoms with Gasteiger partial charge in [0.25, 0.3) is 5.91 Å². The van der Waals surface area contributed by atoms with Crippen molar-refractivity contribution in [3.8, 4) is 5.75 Å². The van der Waals surface area contributed by atoms with Gasteiger partial charge in [0.15, 0.2) is 5.76 Å². The smallest absolute Gasteiger partial charge is 0.287 e. The first-order valence-electron chi connectivity index (χ1n) is 9.76. The van der Waals surface area contributed by atoms with Gasteiger partial charge in [-0.25, -0.2) is 0 Å². The van der Waals surface area contributed by atoms with Gasteiger partial charge in [0.2, 0.25) is 0 Å². The molecule has 0 radical (unpaired) electrons. The molecule has 2 N–H and O–H groups in total. The average Bonchev–Trinajstić information content (AvgIpc) is 3.19. The Kier molecular flexibility index (Phi) is 6.73. The van der Waals surface area contributed by atoms with E-state index in [0.29, 0.717) is 11.7 Å². The fourth-order valence-corrected chi connectivity index (χ4v) is 2.93. The molecule has 0 spiro atoms. The standard InChI is InChI=1S/C24H27NO4/c1-16(2)18-7-9-19(10-8-18)22(26)14-25-24(27)23-12-11-21(29-23)15-28-20-6-4-5-17(3)13-20/h4-13,16,22,26H,14-15H2,1-3H3,(H,25,27). The van der Waals surface area contributed by atoms with Gasteiger partial charge in [-0.2, -0.15) is 0 Å². The summed E-state index contributed by atoms with van der Waals surface area (Å²) >= 11 is 0. The highest BCUT2D eigenvalue weighted by Gasteiger charge is 2.14. The van der Waals surface area contributed by atoms with Crippen LogP contribution in [0.4, 0.5) is 0 Å². The zero-order valence-corrected chi connectivity index (χ0v) is 17.0. The van der Waals surface area contributed by atoms with E-state index in [4.69, 9.17) is 9.15 Å². The van der Waals surface area contributed by atoms with Crippen LogP contribution in [0.25, 0.3) is 0 Å². The van der Waals surface area contributed by atoms with Crippen LogP contribution in [-0.4, -0.2) is 17.6 Å². The maximum atomic E-state index is 12.3. The fraction of sp³-hybridized carbons (Fsp3) is 0.292. The molecule has 1 atom stereocenters. The zero-order chi connectivity index (χ0) is 20.8. The van der Waals surface area contributed by atoms with Gasteiger partial charge in [-0.05, 0) is 53.8 Å². The van der Waals surface area contributed by atoms with Crippen molar-refractivity contribution in [1.29, 1.82) is 0 Å². The SMILES string of the molecule is Cc1cccc(OCc2ccc(C(=O)NCC(O)c3ccc(C(C)C)cc3)o2)c1. The Hall–Kier alpha value is -3.05. The highest BCUT2D eigenvalue weighted by atomic mass is 16.5. The molecule has 1 unspecified atom stereocenters. The third-order valence-corrected chi connectivity index (χ3v) is 4.70. The normalized spacial score (nSPS) is 12.0. The minimum atomic E-state index is -0.778. The third kappa shape index (κ3) is 5.72. The topological polar surface area (TPSA) is 71.7 Å². The molecule has 1 aromatic heterocycles. The molecule has 2 aromatic carbocycles.